The Morgan fingerprint density at radius 3 is 2.32 bits per heavy atom. The molecule has 0 spiro atoms. The van der Waals surface area contributed by atoms with Gasteiger partial charge in [-0.25, -0.2) is 0 Å². The van der Waals surface area contributed by atoms with E-state index in [0.29, 0.717) is 5.92 Å². The molecule has 0 saturated heterocycles. The van der Waals surface area contributed by atoms with Crippen LogP contribution in [-0.2, 0) is 4.79 Å². The molecule has 0 aliphatic heterocycles. The number of allylic oxidation sites excluding steroid dienone is 3. The van der Waals surface area contributed by atoms with Crippen LogP contribution in [-0.4, -0.2) is 12.0 Å². The maximum absolute atomic E-state index is 12.2. The quantitative estimate of drug-likeness (QED) is 0.584. The van der Waals surface area contributed by atoms with Crippen molar-refractivity contribution in [2.75, 3.05) is 6.26 Å². The molecule has 1 aliphatic carbocycles. The summed E-state index contributed by atoms with van der Waals surface area (Å²) >= 11 is 1.73. The number of hydrogen-bond donors (Lipinski definition) is 0. The molecule has 0 heterocycles. The SMILES string of the molecule is CSc1ccc(/C=C2\CC/C(=C\C(C)C)C2=O)cc1. The first-order valence-electron chi connectivity index (χ1n) is 6.70. The number of Topliss-reactive ketones (excluding diaryl/α,β-unsaturated/α-hetero) is 1. The van der Waals surface area contributed by atoms with Gasteiger partial charge >= 0.3 is 0 Å². The fourth-order valence-electron chi connectivity index (χ4n) is 2.30. The number of rotatable bonds is 3. The first-order valence-corrected chi connectivity index (χ1v) is 7.92. The van der Waals surface area contributed by atoms with E-state index in [9.17, 15) is 4.79 Å². The molecule has 1 fully saturated rings. The molecule has 0 N–H and O–H groups in total. The lowest BCUT2D eigenvalue weighted by molar-refractivity contribution is -0.111. The van der Waals surface area contributed by atoms with Gasteiger partial charge in [-0.05, 0) is 54.4 Å². The van der Waals surface area contributed by atoms with Crippen LogP contribution in [0.4, 0.5) is 0 Å². The van der Waals surface area contributed by atoms with E-state index in [2.05, 4.69) is 50.4 Å². The fourth-order valence-corrected chi connectivity index (χ4v) is 2.71. The van der Waals surface area contributed by atoms with Crippen molar-refractivity contribution in [2.24, 2.45) is 5.92 Å². The van der Waals surface area contributed by atoms with Gasteiger partial charge in [-0.15, -0.1) is 11.8 Å². The molecule has 0 bridgehead atoms. The molecule has 0 radical (unpaired) electrons. The summed E-state index contributed by atoms with van der Waals surface area (Å²) in [5.41, 5.74) is 3.05. The second-order valence-corrected chi connectivity index (χ2v) is 6.09. The van der Waals surface area contributed by atoms with E-state index in [4.69, 9.17) is 0 Å². The number of hydrogen-bond acceptors (Lipinski definition) is 2. The van der Waals surface area contributed by atoms with E-state index in [1.54, 1.807) is 11.8 Å². The highest BCUT2D eigenvalue weighted by Gasteiger charge is 2.22. The van der Waals surface area contributed by atoms with Crippen LogP contribution < -0.4 is 0 Å². The molecule has 2 rings (SSSR count). The maximum Gasteiger partial charge on any atom is 0.184 e. The summed E-state index contributed by atoms with van der Waals surface area (Å²) in [4.78, 5) is 13.5. The van der Waals surface area contributed by atoms with Crippen molar-refractivity contribution in [1.82, 2.24) is 0 Å². The van der Waals surface area contributed by atoms with Crippen LogP contribution in [0.15, 0.2) is 46.4 Å². The van der Waals surface area contributed by atoms with Crippen molar-refractivity contribution >= 4 is 23.6 Å². The lowest BCUT2D eigenvalue weighted by Crippen LogP contribution is -1.97. The Bertz CT molecular complexity index is 521. The van der Waals surface area contributed by atoms with Gasteiger partial charge in [-0.3, -0.25) is 4.79 Å². The zero-order chi connectivity index (χ0) is 13.8. The van der Waals surface area contributed by atoms with Crippen LogP contribution in [0.5, 0.6) is 0 Å². The molecule has 0 atom stereocenters. The highest BCUT2D eigenvalue weighted by Crippen LogP contribution is 2.29. The molecular weight excluding hydrogens is 252 g/mol. The van der Waals surface area contributed by atoms with Gasteiger partial charge in [0.15, 0.2) is 5.78 Å². The van der Waals surface area contributed by atoms with Crippen molar-refractivity contribution in [3.63, 3.8) is 0 Å². The summed E-state index contributed by atoms with van der Waals surface area (Å²) in [5, 5.41) is 0. The number of benzene rings is 1. The lowest BCUT2D eigenvalue weighted by Gasteiger charge is -2.00. The van der Waals surface area contributed by atoms with Gasteiger partial charge in [0.05, 0.1) is 0 Å². The van der Waals surface area contributed by atoms with Gasteiger partial charge in [0, 0.05) is 10.5 Å². The van der Waals surface area contributed by atoms with E-state index in [1.165, 1.54) is 4.90 Å². The minimum absolute atomic E-state index is 0.239. The third kappa shape index (κ3) is 3.60. The van der Waals surface area contributed by atoms with Gasteiger partial charge < -0.3 is 0 Å². The zero-order valence-corrected chi connectivity index (χ0v) is 12.6. The van der Waals surface area contributed by atoms with Gasteiger partial charge in [0.2, 0.25) is 0 Å². The minimum atomic E-state index is 0.239. The minimum Gasteiger partial charge on any atom is -0.289 e. The van der Waals surface area contributed by atoms with Crippen LogP contribution in [0.3, 0.4) is 0 Å². The molecule has 1 aliphatic rings. The normalized spacial score (nSPS) is 19.9. The number of ketones is 1. The molecule has 1 saturated carbocycles. The zero-order valence-electron chi connectivity index (χ0n) is 11.8. The first kappa shape index (κ1) is 14.1. The van der Waals surface area contributed by atoms with Crippen molar-refractivity contribution < 1.29 is 4.79 Å². The topological polar surface area (TPSA) is 17.1 Å². The highest BCUT2D eigenvalue weighted by molar-refractivity contribution is 7.98. The van der Waals surface area contributed by atoms with Gasteiger partial charge in [0.25, 0.3) is 0 Å². The highest BCUT2D eigenvalue weighted by atomic mass is 32.2. The average Bonchev–Trinajstić information content (AvgIpc) is 2.72. The van der Waals surface area contributed by atoms with Gasteiger partial charge in [-0.1, -0.05) is 32.1 Å². The number of carbonyl (C=O) groups is 1. The third-order valence-electron chi connectivity index (χ3n) is 3.24. The Morgan fingerprint density at radius 1 is 1.11 bits per heavy atom. The summed E-state index contributed by atoms with van der Waals surface area (Å²) in [6.07, 6.45) is 7.97. The Balaban J connectivity index is 2.18. The third-order valence-corrected chi connectivity index (χ3v) is 3.98. The second-order valence-electron chi connectivity index (χ2n) is 5.21. The largest absolute Gasteiger partial charge is 0.289 e. The van der Waals surface area contributed by atoms with Gasteiger partial charge in [0.1, 0.15) is 0 Å². The van der Waals surface area contributed by atoms with E-state index >= 15 is 0 Å². The molecule has 0 amide bonds. The Morgan fingerprint density at radius 2 is 1.74 bits per heavy atom. The molecule has 1 nitrogen and oxygen atoms in total. The van der Waals surface area contributed by atoms with Crippen LogP contribution in [0.1, 0.15) is 32.3 Å². The molecule has 2 heteroatoms. The van der Waals surface area contributed by atoms with Crippen molar-refractivity contribution in [1.29, 1.82) is 0 Å². The van der Waals surface area contributed by atoms with E-state index in [-0.39, 0.29) is 5.78 Å². The summed E-state index contributed by atoms with van der Waals surface area (Å²) in [6.45, 7) is 4.23. The predicted molar refractivity (Wildman–Crippen MR) is 83.4 cm³/mol. The van der Waals surface area contributed by atoms with E-state index in [1.807, 2.05) is 6.08 Å². The smallest absolute Gasteiger partial charge is 0.184 e. The maximum atomic E-state index is 12.2. The van der Waals surface area contributed by atoms with Crippen molar-refractivity contribution in [2.45, 2.75) is 31.6 Å². The molecule has 1 aromatic rings. The summed E-state index contributed by atoms with van der Waals surface area (Å²) in [6, 6.07) is 8.36. The Kier molecular flexibility index (Phi) is 4.65. The number of thioether (sulfide) groups is 1. The molecule has 100 valence electrons. The lowest BCUT2D eigenvalue weighted by atomic mass is 10.1. The summed E-state index contributed by atoms with van der Waals surface area (Å²) < 4.78 is 0. The molecular formula is C17H20OS. The van der Waals surface area contributed by atoms with Crippen molar-refractivity contribution in [3.05, 3.63) is 47.1 Å². The van der Waals surface area contributed by atoms with Crippen LogP contribution >= 0.6 is 11.8 Å². The van der Waals surface area contributed by atoms with Crippen molar-refractivity contribution in [3.8, 4) is 0 Å². The monoisotopic (exact) mass is 272 g/mol. The fraction of sp³-hybridized carbons (Fsp3) is 0.353. The Hall–Kier alpha value is -1.28. The Labute approximate surface area is 119 Å². The van der Waals surface area contributed by atoms with E-state index < -0.39 is 0 Å². The molecule has 19 heavy (non-hydrogen) atoms. The first-order chi connectivity index (χ1) is 9.10. The van der Waals surface area contributed by atoms with Crippen LogP contribution in [0.25, 0.3) is 6.08 Å². The molecule has 0 unspecified atom stereocenters. The number of carbonyl (C=O) groups excluding carboxylic acids is 1. The molecule has 0 aromatic heterocycles. The van der Waals surface area contributed by atoms with Crippen LogP contribution in [0.2, 0.25) is 0 Å². The molecule has 1 aromatic carbocycles. The average molecular weight is 272 g/mol. The van der Waals surface area contributed by atoms with Gasteiger partial charge in [-0.2, -0.15) is 0 Å². The second kappa shape index (κ2) is 6.25. The summed E-state index contributed by atoms with van der Waals surface area (Å²) in [7, 11) is 0. The predicted octanol–water partition coefficient (Wildman–Crippen LogP) is 4.74. The summed E-state index contributed by atoms with van der Waals surface area (Å²) in [5.74, 6) is 0.682. The standard InChI is InChI=1S/C17H20OS/c1-12(2)10-14-6-7-15(17(14)18)11-13-4-8-16(19-3)9-5-13/h4-5,8-12H,6-7H2,1-3H3/b14-10+,15-11+. The van der Waals surface area contributed by atoms with E-state index in [0.717, 1.165) is 29.6 Å². The van der Waals surface area contributed by atoms with Crippen LogP contribution in [0, 0.1) is 5.92 Å².